The van der Waals surface area contributed by atoms with Gasteiger partial charge in [-0.1, -0.05) is 31.2 Å². The van der Waals surface area contributed by atoms with Gasteiger partial charge in [-0.2, -0.15) is 0 Å². The van der Waals surface area contributed by atoms with Gasteiger partial charge in [0.2, 0.25) is 11.8 Å². The fourth-order valence-electron chi connectivity index (χ4n) is 4.15. The zero-order valence-corrected chi connectivity index (χ0v) is 12.7. The molecule has 2 aliphatic carbocycles. The lowest BCUT2D eigenvalue weighted by molar-refractivity contribution is -0.140. The Labute approximate surface area is 130 Å². The molecule has 3 aliphatic rings. The van der Waals surface area contributed by atoms with Gasteiger partial charge in [-0.25, -0.2) is 0 Å². The Morgan fingerprint density at radius 1 is 1.05 bits per heavy atom. The van der Waals surface area contributed by atoms with E-state index >= 15 is 0 Å². The van der Waals surface area contributed by atoms with Crippen molar-refractivity contribution in [3.63, 3.8) is 0 Å². The Kier molecular flexibility index (Phi) is 3.06. The highest BCUT2D eigenvalue weighted by molar-refractivity contribution is 6.06. The molecule has 2 bridgehead atoms. The Morgan fingerprint density at radius 2 is 1.64 bits per heavy atom. The predicted octanol–water partition coefficient (Wildman–Crippen LogP) is 2.43. The molecule has 2 amide bonds. The molecule has 1 aromatic carbocycles. The summed E-state index contributed by atoms with van der Waals surface area (Å²) < 4.78 is 0. The summed E-state index contributed by atoms with van der Waals surface area (Å²) in [6.07, 6.45) is 6.23. The molecular weight excluding hydrogens is 276 g/mol. The van der Waals surface area contributed by atoms with Crippen molar-refractivity contribution in [1.82, 2.24) is 4.90 Å². The number of likely N-dealkylation sites (tertiary alicyclic amines) is 1. The monoisotopic (exact) mass is 296 g/mol. The van der Waals surface area contributed by atoms with E-state index in [0.29, 0.717) is 0 Å². The van der Waals surface area contributed by atoms with E-state index in [1.54, 1.807) is 0 Å². The number of nitrogens with one attached hydrogen (secondary N) is 1. The molecule has 0 radical (unpaired) electrons. The summed E-state index contributed by atoms with van der Waals surface area (Å²) in [6, 6.07) is 8.12. The molecule has 1 saturated carbocycles. The minimum Gasteiger partial charge on any atom is -0.367 e. The van der Waals surface area contributed by atoms with Crippen molar-refractivity contribution >= 4 is 17.5 Å². The number of amides is 2. The number of hydrogen-bond donors (Lipinski definition) is 1. The standard InChI is InChI=1S/C18H20N2O2/c1-2-11-3-7-14(8-4-11)19-10-20-17(21)15-12-5-6-13(9-12)16(15)18(20)22/h3-8,12-13,15-16,19H,2,9-10H2,1H3/t12-,13+,15-,16+. The molecule has 4 atom stereocenters. The van der Waals surface area contributed by atoms with Crippen molar-refractivity contribution in [2.24, 2.45) is 23.7 Å². The van der Waals surface area contributed by atoms with Gasteiger partial charge in [0.15, 0.2) is 0 Å². The molecule has 0 unspecified atom stereocenters. The lowest BCUT2D eigenvalue weighted by Gasteiger charge is -2.18. The second-order valence-electron chi connectivity index (χ2n) is 6.49. The van der Waals surface area contributed by atoms with Crippen molar-refractivity contribution in [3.8, 4) is 0 Å². The van der Waals surface area contributed by atoms with Crippen molar-refractivity contribution in [2.45, 2.75) is 19.8 Å². The van der Waals surface area contributed by atoms with Gasteiger partial charge in [0.25, 0.3) is 0 Å². The number of rotatable bonds is 4. The number of nitrogens with zero attached hydrogens (tertiary/aromatic N) is 1. The van der Waals surface area contributed by atoms with Crippen LogP contribution in [-0.2, 0) is 16.0 Å². The highest BCUT2D eigenvalue weighted by atomic mass is 16.2. The van der Waals surface area contributed by atoms with E-state index in [2.05, 4.69) is 36.5 Å². The average Bonchev–Trinajstić information content (AvgIpc) is 3.21. The van der Waals surface area contributed by atoms with Gasteiger partial charge in [0.05, 0.1) is 18.5 Å². The number of allylic oxidation sites excluding steroid dienone is 2. The summed E-state index contributed by atoms with van der Waals surface area (Å²) in [4.78, 5) is 26.5. The smallest absolute Gasteiger partial charge is 0.235 e. The van der Waals surface area contributed by atoms with Crippen molar-refractivity contribution in [3.05, 3.63) is 42.0 Å². The van der Waals surface area contributed by atoms with Gasteiger partial charge in [-0.15, -0.1) is 0 Å². The van der Waals surface area contributed by atoms with Crippen LogP contribution in [0.4, 0.5) is 5.69 Å². The van der Waals surface area contributed by atoms with Crippen LogP contribution < -0.4 is 5.32 Å². The van der Waals surface area contributed by atoms with Gasteiger partial charge in [-0.3, -0.25) is 14.5 Å². The molecule has 2 fully saturated rings. The lowest BCUT2D eigenvalue weighted by atomic mass is 9.85. The summed E-state index contributed by atoms with van der Waals surface area (Å²) >= 11 is 0. The fraction of sp³-hybridized carbons (Fsp3) is 0.444. The Morgan fingerprint density at radius 3 is 2.18 bits per heavy atom. The number of fused-ring (bicyclic) bond motifs is 5. The van der Waals surface area contributed by atoms with Gasteiger partial charge in [0, 0.05) is 5.69 Å². The van der Waals surface area contributed by atoms with E-state index in [1.807, 2.05) is 12.1 Å². The maximum Gasteiger partial charge on any atom is 0.235 e. The lowest BCUT2D eigenvalue weighted by Crippen LogP contribution is -2.37. The van der Waals surface area contributed by atoms with E-state index in [0.717, 1.165) is 18.5 Å². The van der Waals surface area contributed by atoms with Gasteiger partial charge in [0.1, 0.15) is 0 Å². The maximum atomic E-state index is 12.5. The highest BCUT2D eigenvalue weighted by Crippen LogP contribution is 2.52. The largest absolute Gasteiger partial charge is 0.367 e. The first-order chi connectivity index (χ1) is 10.7. The summed E-state index contributed by atoms with van der Waals surface area (Å²) in [5, 5.41) is 3.20. The normalized spacial score (nSPS) is 32.0. The molecule has 1 aromatic rings. The molecule has 4 heteroatoms. The zero-order valence-electron chi connectivity index (χ0n) is 12.7. The summed E-state index contributed by atoms with van der Waals surface area (Å²) in [5.74, 6) is 0.355. The molecule has 4 nitrogen and oxygen atoms in total. The first-order valence-electron chi connectivity index (χ1n) is 8.05. The van der Waals surface area contributed by atoms with Crippen LogP contribution >= 0.6 is 0 Å². The van der Waals surface area contributed by atoms with Crippen LogP contribution in [0.15, 0.2) is 36.4 Å². The molecule has 22 heavy (non-hydrogen) atoms. The number of hydrogen-bond acceptors (Lipinski definition) is 3. The number of carbonyl (C=O) groups excluding carboxylic acids is 2. The van der Waals surface area contributed by atoms with Gasteiger partial charge < -0.3 is 5.32 Å². The number of benzene rings is 1. The third-order valence-electron chi connectivity index (χ3n) is 5.37. The molecule has 1 saturated heterocycles. The minimum absolute atomic E-state index is 0.00419. The molecule has 0 spiro atoms. The first-order valence-corrected chi connectivity index (χ1v) is 8.05. The van der Waals surface area contributed by atoms with E-state index < -0.39 is 0 Å². The Bertz CT molecular complexity index is 620. The minimum atomic E-state index is -0.105. The second kappa shape index (κ2) is 4.97. The van der Waals surface area contributed by atoms with E-state index in [9.17, 15) is 9.59 Å². The average molecular weight is 296 g/mol. The van der Waals surface area contributed by atoms with E-state index in [4.69, 9.17) is 0 Å². The molecule has 114 valence electrons. The molecule has 1 aliphatic heterocycles. The Balaban J connectivity index is 1.45. The van der Waals surface area contributed by atoms with Crippen LogP contribution in [0.1, 0.15) is 18.9 Å². The van der Waals surface area contributed by atoms with Crippen LogP contribution in [0, 0.1) is 23.7 Å². The SMILES string of the molecule is CCc1ccc(NCN2C(=O)[C@@H]3[C@H](C2=O)[C@@H]2C=C[C@H]3C2)cc1. The van der Waals surface area contributed by atoms with Crippen molar-refractivity contribution in [1.29, 1.82) is 0 Å². The van der Waals surface area contributed by atoms with Crippen molar-refractivity contribution in [2.75, 3.05) is 12.0 Å². The highest BCUT2D eigenvalue weighted by Gasteiger charge is 2.59. The first kappa shape index (κ1) is 13.6. The summed E-state index contributed by atoms with van der Waals surface area (Å²) in [5.41, 5.74) is 2.21. The van der Waals surface area contributed by atoms with Crippen molar-refractivity contribution < 1.29 is 9.59 Å². The van der Waals surface area contributed by atoms with Gasteiger partial charge in [-0.05, 0) is 42.4 Å². The Hall–Kier alpha value is -2.10. The van der Waals surface area contributed by atoms with Crippen LogP contribution in [0.25, 0.3) is 0 Å². The number of carbonyl (C=O) groups is 2. The third-order valence-corrected chi connectivity index (χ3v) is 5.37. The topological polar surface area (TPSA) is 49.4 Å². The molecule has 1 heterocycles. The maximum absolute atomic E-state index is 12.5. The quantitative estimate of drug-likeness (QED) is 0.686. The van der Waals surface area contributed by atoms with E-state index in [1.165, 1.54) is 10.5 Å². The summed E-state index contributed by atoms with van der Waals surface area (Å²) in [6.45, 7) is 2.39. The predicted molar refractivity (Wildman–Crippen MR) is 83.9 cm³/mol. The van der Waals surface area contributed by atoms with E-state index in [-0.39, 0.29) is 42.2 Å². The molecule has 1 N–H and O–H groups in total. The second-order valence-corrected chi connectivity index (χ2v) is 6.49. The van der Waals surface area contributed by atoms with Crippen LogP contribution in [0.3, 0.4) is 0 Å². The van der Waals surface area contributed by atoms with Crippen LogP contribution in [-0.4, -0.2) is 23.4 Å². The van der Waals surface area contributed by atoms with Crippen LogP contribution in [0.5, 0.6) is 0 Å². The number of aryl methyl sites for hydroxylation is 1. The van der Waals surface area contributed by atoms with Crippen LogP contribution in [0.2, 0.25) is 0 Å². The summed E-state index contributed by atoms with van der Waals surface area (Å²) in [7, 11) is 0. The third kappa shape index (κ3) is 1.90. The number of imide groups is 1. The fourth-order valence-corrected chi connectivity index (χ4v) is 4.15. The molecular formula is C18H20N2O2. The molecule has 0 aromatic heterocycles. The number of anilines is 1. The van der Waals surface area contributed by atoms with Gasteiger partial charge >= 0.3 is 0 Å². The molecule has 4 rings (SSSR count). The zero-order chi connectivity index (χ0) is 15.3.